The van der Waals surface area contributed by atoms with Crippen LogP contribution in [0.4, 0.5) is 0 Å². The van der Waals surface area contributed by atoms with Crippen molar-refractivity contribution in [1.82, 2.24) is 9.55 Å². The highest BCUT2D eigenvalue weighted by Crippen LogP contribution is 2.06. The summed E-state index contributed by atoms with van der Waals surface area (Å²) in [6.07, 6.45) is 1.55. The molecule has 0 fully saturated rings. The Morgan fingerprint density at radius 3 is 2.31 bits per heavy atom. The van der Waals surface area contributed by atoms with Gasteiger partial charge in [0.15, 0.2) is 0 Å². The number of H-pyrrole nitrogens is 1. The molecule has 1 N–H and O–H groups in total. The zero-order valence-corrected chi connectivity index (χ0v) is 9.15. The monoisotopic (exact) mass is 216 g/mol. The maximum atomic E-state index is 11.6. The zero-order valence-electron chi connectivity index (χ0n) is 9.15. The molecule has 0 saturated carbocycles. The lowest BCUT2D eigenvalue weighted by atomic mass is 10.2. The predicted octanol–water partition coefficient (Wildman–Crippen LogP) is 1.14. The van der Waals surface area contributed by atoms with E-state index < -0.39 is 5.69 Å². The molecule has 0 bridgehead atoms. The average molecular weight is 216 g/mol. The molecule has 0 spiro atoms. The van der Waals surface area contributed by atoms with Crippen molar-refractivity contribution in [3.8, 4) is 5.69 Å². The number of hydrogen-bond acceptors (Lipinski definition) is 2. The maximum absolute atomic E-state index is 11.6. The molecular formula is C12H12N2O2. The SMILES string of the molecule is Cc1ccc(-n2cc(C)c(=O)[nH]c2=O)cc1. The average Bonchev–Trinajstić information content (AvgIpc) is 2.25. The molecule has 82 valence electrons. The summed E-state index contributed by atoms with van der Waals surface area (Å²) in [6, 6.07) is 7.52. The Labute approximate surface area is 92.2 Å². The van der Waals surface area contributed by atoms with E-state index in [0.717, 1.165) is 11.3 Å². The first kappa shape index (κ1) is 10.4. The summed E-state index contributed by atoms with van der Waals surface area (Å²) >= 11 is 0. The third-order valence-electron chi connectivity index (χ3n) is 2.43. The lowest BCUT2D eigenvalue weighted by molar-refractivity contribution is 0.879. The van der Waals surface area contributed by atoms with Crippen LogP contribution in [0.1, 0.15) is 11.1 Å². The second-order valence-electron chi connectivity index (χ2n) is 3.78. The van der Waals surface area contributed by atoms with Crippen LogP contribution in [0, 0.1) is 13.8 Å². The summed E-state index contributed by atoms with van der Waals surface area (Å²) < 4.78 is 1.43. The maximum Gasteiger partial charge on any atom is 0.332 e. The molecule has 1 heterocycles. The summed E-state index contributed by atoms with van der Waals surface area (Å²) in [5, 5.41) is 0. The van der Waals surface area contributed by atoms with Crippen molar-refractivity contribution in [2.24, 2.45) is 0 Å². The van der Waals surface area contributed by atoms with Crippen molar-refractivity contribution >= 4 is 0 Å². The van der Waals surface area contributed by atoms with E-state index in [-0.39, 0.29) is 5.56 Å². The molecule has 2 rings (SSSR count). The van der Waals surface area contributed by atoms with Gasteiger partial charge in [-0.05, 0) is 26.0 Å². The predicted molar refractivity (Wildman–Crippen MR) is 62.1 cm³/mol. The van der Waals surface area contributed by atoms with Crippen LogP contribution in [0.5, 0.6) is 0 Å². The Balaban J connectivity index is 2.65. The van der Waals surface area contributed by atoms with Crippen molar-refractivity contribution in [2.45, 2.75) is 13.8 Å². The van der Waals surface area contributed by atoms with Gasteiger partial charge in [0.2, 0.25) is 0 Å². The molecule has 0 aliphatic rings. The lowest BCUT2D eigenvalue weighted by Gasteiger charge is -2.05. The Kier molecular flexibility index (Phi) is 2.48. The molecule has 0 amide bonds. The molecular weight excluding hydrogens is 204 g/mol. The second-order valence-corrected chi connectivity index (χ2v) is 3.78. The summed E-state index contributed by atoms with van der Waals surface area (Å²) in [7, 11) is 0. The highest BCUT2D eigenvalue weighted by Gasteiger charge is 2.02. The number of nitrogens with one attached hydrogen (secondary N) is 1. The number of benzene rings is 1. The van der Waals surface area contributed by atoms with Gasteiger partial charge in [0.05, 0.1) is 5.69 Å². The zero-order chi connectivity index (χ0) is 11.7. The summed E-state index contributed by atoms with van der Waals surface area (Å²) in [4.78, 5) is 25.1. The molecule has 0 atom stereocenters. The van der Waals surface area contributed by atoms with E-state index in [9.17, 15) is 9.59 Å². The minimum Gasteiger partial charge on any atom is -0.273 e. The molecule has 1 aromatic carbocycles. The van der Waals surface area contributed by atoms with Gasteiger partial charge in [-0.2, -0.15) is 0 Å². The van der Waals surface area contributed by atoms with Gasteiger partial charge in [0, 0.05) is 11.8 Å². The van der Waals surface area contributed by atoms with Gasteiger partial charge < -0.3 is 0 Å². The van der Waals surface area contributed by atoms with Gasteiger partial charge in [0.25, 0.3) is 5.56 Å². The minimum atomic E-state index is -0.417. The molecule has 4 heteroatoms. The Morgan fingerprint density at radius 1 is 1.06 bits per heavy atom. The van der Waals surface area contributed by atoms with E-state index in [2.05, 4.69) is 4.98 Å². The van der Waals surface area contributed by atoms with E-state index in [1.165, 1.54) is 4.57 Å². The third-order valence-corrected chi connectivity index (χ3v) is 2.43. The first-order valence-corrected chi connectivity index (χ1v) is 4.97. The molecule has 0 radical (unpaired) electrons. The summed E-state index contributed by atoms with van der Waals surface area (Å²) in [5.74, 6) is 0. The third kappa shape index (κ3) is 1.82. The quantitative estimate of drug-likeness (QED) is 0.777. The number of aryl methyl sites for hydroxylation is 2. The van der Waals surface area contributed by atoms with Crippen molar-refractivity contribution in [3.63, 3.8) is 0 Å². The highest BCUT2D eigenvalue weighted by atomic mass is 16.2. The van der Waals surface area contributed by atoms with Crippen LogP contribution in [0.2, 0.25) is 0 Å². The first-order chi connectivity index (χ1) is 7.58. The molecule has 0 aliphatic carbocycles. The van der Waals surface area contributed by atoms with Crippen molar-refractivity contribution in [1.29, 1.82) is 0 Å². The summed E-state index contributed by atoms with van der Waals surface area (Å²) in [5.41, 5.74) is 1.63. The van der Waals surface area contributed by atoms with Gasteiger partial charge >= 0.3 is 5.69 Å². The van der Waals surface area contributed by atoms with Gasteiger partial charge in [-0.15, -0.1) is 0 Å². The van der Waals surface area contributed by atoms with Crippen LogP contribution in [0.3, 0.4) is 0 Å². The molecule has 0 saturated heterocycles. The molecule has 0 unspecified atom stereocenters. The van der Waals surface area contributed by atoms with Crippen molar-refractivity contribution in [3.05, 3.63) is 62.4 Å². The van der Waals surface area contributed by atoms with Crippen LogP contribution < -0.4 is 11.2 Å². The number of hydrogen-bond donors (Lipinski definition) is 1. The molecule has 16 heavy (non-hydrogen) atoms. The fourth-order valence-electron chi connectivity index (χ4n) is 1.46. The topological polar surface area (TPSA) is 54.9 Å². The van der Waals surface area contributed by atoms with Crippen molar-refractivity contribution < 1.29 is 0 Å². The fraction of sp³-hybridized carbons (Fsp3) is 0.167. The smallest absolute Gasteiger partial charge is 0.273 e. The van der Waals surface area contributed by atoms with Crippen LogP contribution in [-0.2, 0) is 0 Å². The standard InChI is InChI=1S/C12H12N2O2/c1-8-3-5-10(6-4-8)14-7-9(2)11(15)13-12(14)16/h3-7H,1-2H3,(H,13,15,16). The number of aromatic amines is 1. The van der Waals surface area contributed by atoms with E-state index in [1.54, 1.807) is 13.1 Å². The lowest BCUT2D eigenvalue weighted by Crippen LogP contribution is -2.29. The van der Waals surface area contributed by atoms with Crippen LogP contribution in [0.15, 0.2) is 40.1 Å². The number of rotatable bonds is 1. The van der Waals surface area contributed by atoms with E-state index in [1.807, 2.05) is 31.2 Å². The number of aromatic nitrogens is 2. The van der Waals surface area contributed by atoms with Crippen LogP contribution in [-0.4, -0.2) is 9.55 Å². The second kappa shape index (κ2) is 3.81. The van der Waals surface area contributed by atoms with Gasteiger partial charge in [0.1, 0.15) is 0 Å². The highest BCUT2D eigenvalue weighted by molar-refractivity contribution is 5.34. The van der Waals surface area contributed by atoms with E-state index >= 15 is 0 Å². The molecule has 0 aliphatic heterocycles. The Morgan fingerprint density at radius 2 is 1.69 bits per heavy atom. The van der Waals surface area contributed by atoms with Gasteiger partial charge in [-0.3, -0.25) is 14.3 Å². The first-order valence-electron chi connectivity index (χ1n) is 4.97. The Hall–Kier alpha value is -2.10. The van der Waals surface area contributed by atoms with Crippen LogP contribution in [0.25, 0.3) is 5.69 Å². The largest absolute Gasteiger partial charge is 0.332 e. The molecule has 4 nitrogen and oxygen atoms in total. The van der Waals surface area contributed by atoms with Gasteiger partial charge in [-0.1, -0.05) is 17.7 Å². The van der Waals surface area contributed by atoms with Gasteiger partial charge in [-0.25, -0.2) is 4.79 Å². The van der Waals surface area contributed by atoms with Crippen LogP contribution >= 0.6 is 0 Å². The van der Waals surface area contributed by atoms with E-state index in [0.29, 0.717) is 5.56 Å². The molecule has 1 aromatic heterocycles. The van der Waals surface area contributed by atoms with Crippen molar-refractivity contribution in [2.75, 3.05) is 0 Å². The summed E-state index contributed by atoms with van der Waals surface area (Å²) in [6.45, 7) is 3.65. The number of nitrogens with zero attached hydrogens (tertiary/aromatic N) is 1. The minimum absolute atomic E-state index is 0.339. The van der Waals surface area contributed by atoms with E-state index in [4.69, 9.17) is 0 Å². The normalized spacial score (nSPS) is 10.4. The fourth-order valence-corrected chi connectivity index (χ4v) is 1.46. The Bertz CT molecular complexity index is 621. The molecule has 2 aromatic rings.